The van der Waals surface area contributed by atoms with Crippen molar-refractivity contribution in [1.82, 2.24) is 9.80 Å². The molecule has 4 rings (SSSR count). The van der Waals surface area contributed by atoms with Crippen molar-refractivity contribution in [3.63, 3.8) is 0 Å². The third-order valence-electron chi connectivity index (χ3n) is 5.54. The van der Waals surface area contributed by atoms with E-state index in [2.05, 4.69) is 29.2 Å². The third-order valence-corrected chi connectivity index (χ3v) is 5.54. The normalized spacial score (nSPS) is 21.0. The Labute approximate surface area is 150 Å². The Morgan fingerprint density at radius 3 is 2.56 bits per heavy atom. The van der Waals surface area contributed by atoms with E-state index in [-0.39, 0.29) is 5.91 Å². The number of carbonyl (C=O) groups is 1. The van der Waals surface area contributed by atoms with Gasteiger partial charge in [0.15, 0.2) is 0 Å². The smallest absolute Gasteiger partial charge is 0.253 e. The quantitative estimate of drug-likeness (QED) is 0.856. The Morgan fingerprint density at radius 1 is 0.960 bits per heavy atom. The van der Waals surface area contributed by atoms with E-state index in [9.17, 15) is 4.79 Å². The predicted molar refractivity (Wildman–Crippen MR) is 100 cm³/mol. The van der Waals surface area contributed by atoms with Crippen LogP contribution >= 0.6 is 0 Å². The lowest BCUT2D eigenvalue weighted by Crippen LogP contribution is -2.33. The molecule has 2 aromatic carbocycles. The van der Waals surface area contributed by atoms with E-state index in [1.54, 1.807) is 0 Å². The second kappa shape index (κ2) is 7.40. The number of nitrogens with zero attached hydrogens (tertiary/aromatic N) is 2. The van der Waals surface area contributed by atoms with Crippen LogP contribution < -0.4 is 0 Å². The van der Waals surface area contributed by atoms with Crippen molar-refractivity contribution in [1.29, 1.82) is 0 Å². The van der Waals surface area contributed by atoms with E-state index in [1.165, 1.54) is 24.0 Å². The fourth-order valence-electron chi connectivity index (χ4n) is 4.22. The minimum absolute atomic E-state index is 0.185. The molecular weight excluding hydrogens is 308 g/mol. The first-order valence-corrected chi connectivity index (χ1v) is 9.43. The van der Waals surface area contributed by atoms with Gasteiger partial charge in [-0.2, -0.15) is 0 Å². The van der Waals surface area contributed by atoms with Crippen molar-refractivity contribution in [2.24, 2.45) is 5.92 Å². The van der Waals surface area contributed by atoms with Crippen LogP contribution in [0.15, 0.2) is 54.6 Å². The molecule has 0 spiro atoms. The molecule has 0 saturated carbocycles. The van der Waals surface area contributed by atoms with E-state index in [0.717, 1.165) is 44.7 Å². The summed E-state index contributed by atoms with van der Waals surface area (Å²) in [4.78, 5) is 17.2. The highest BCUT2D eigenvalue weighted by molar-refractivity contribution is 5.94. The van der Waals surface area contributed by atoms with Crippen LogP contribution in [-0.2, 0) is 13.0 Å². The lowest BCUT2D eigenvalue weighted by molar-refractivity contribution is 0.0783. The second-order valence-electron chi connectivity index (χ2n) is 7.38. The Bertz CT molecular complexity index is 728. The average Bonchev–Trinajstić information content (AvgIpc) is 3.01. The monoisotopic (exact) mass is 334 g/mol. The van der Waals surface area contributed by atoms with Crippen LogP contribution in [0, 0.1) is 5.92 Å². The molecule has 130 valence electrons. The number of amides is 1. The highest BCUT2D eigenvalue weighted by atomic mass is 16.2. The first kappa shape index (κ1) is 16.3. The molecular formula is C22H26N2O. The molecule has 0 bridgehead atoms. The van der Waals surface area contributed by atoms with Gasteiger partial charge in [-0.1, -0.05) is 42.5 Å². The molecule has 3 heteroatoms. The molecule has 1 amide bonds. The minimum Gasteiger partial charge on any atom is -0.338 e. The van der Waals surface area contributed by atoms with Gasteiger partial charge in [-0.3, -0.25) is 9.69 Å². The standard InChI is InChI=1S/C22H26N2O/c25-22(20-8-2-1-3-9-20)24-14-12-18(16-24)15-23-13-6-11-19-7-4-5-10-21(19)17-23/h1-5,7-10,18H,6,11-17H2/t18-/m0/s1. The summed E-state index contributed by atoms with van der Waals surface area (Å²) in [5.74, 6) is 0.780. The molecule has 2 heterocycles. The van der Waals surface area contributed by atoms with Gasteiger partial charge in [0.05, 0.1) is 0 Å². The fourth-order valence-corrected chi connectivity index (χ4v) is 4.22. The number of benzene rings is 2. The van der Waals surface area contributed by atoms with Gasteiger partial charge < -0.3 is 4.90 Å². The molecule has 2 aromatic rings. The van der Waals surface area contributed by atoms with Gasteiger partial charge in [0, 0.05) is 31.7 Å². The number of likely N-dealkylation sites (tertiary alicyclic amines) is 1. The van der Waals surface area contributed by atoms with Gasteiger partial charge in [-0.05, 0) is 55.0 Å². The van der Waals surface area contributed by atoms with Crippen molar-refractivity contribution in [3.05, 3.63) is 71.3 Å². The van der Waals surface area contributed by atoms with Crippen LogP contribution in [0.25, 0.3) is 0 Å². The number of rotatable bonds is 3. The SMILES string of the molecule is O=C(c1ccccc1)N1CC[C@@H](CN2CCCc3ccccc3C2)C1. The zero-order chi connectivity index (χ0) is 17.1. The average molecular weight is 334 g/mol. The lowest BCUT2D eigenvalue weighted by Gasteiger charge is -2.24. The second-order valence-corrected chi connectivity index (χ2v) is 7.38. The summed E-state index contributed by atoms with van der Waals surface area (Å²) in [7, 11) is 0. The van der Waals surface area contributed by atoms with E-state index in [1.807, 2.05) is 35.2 Å². The maximum atomic E-state index is 12.6. The lowest BCUT2D eigenvalue weighted by atomic mass is 10.0. The molecule has 1 atom stereocenters. The van der Waals surface area contributed by atoms with Gasteiger partial charge in [-0.25, -0.2) is 0 Å². The molecule has 0 N–H and O–H groups in total. The van der Waals surface area contributed by atoms with Gasteiger partial charge in [-0.15, -0.1) is 0 Å². The topological polar surface area (TPSA) is 23.6 Å². The summed E-state index contributed by atoms with van der Waals surface area (Å²) < 4.78 is 0. The van der Waals surface area contributed by atoms with Crippen LogP contribution in [0.1, 0.15) is 34.3 Å². The maximum Gasteiger partial charge on any atom is 0.253 e. The number of hydrogen-bond donors (Lipinski definition) is 0. The summed E-state index contributed by atoms with van der Waals surface area (Å²) in [5, 5.41) is 0. The summed E-state index contributed by atoms with van der Waals surface area (Å²) in [6.07, 6.45) is 3.54. The van der Waals surface area contributed by atoms with Crippen molar-refractivity contribution in [2.45, 2.75) is 25.8 Å². The highest BCUT2D eigenvalue weighted by Crippen LogP contribution is 2.23. The summed E-state index contributed by atoms with van der Waals surface area (Å²) in [6, 6.07) is 18.5. The van der Waals surface area contributed by atoms with Crippen LogP contribution in [0.3, 0.4) is 0 Å². The minimum atomic E-state index is 0.185. The molecule has 0 unspecified atom stereocenters. The van der Waals surface area contributed by atoms with Crippen LogP contribution in [0.5, 0.6) is 0 Å². The molecule has 0 aliphatic carbocycles. The van der Waals surface area contributed by atoms with Gasteiger partial charge in [0.2, 0.25) is 0 Å². The summed E-state index contributed by atoms with van der Waals surface area (Å²) >= 11 is 0. The third kappa shape index (κ3) is 3.77. The Morgan fingerprint density at radius 2 is 1.72 bits per heavy atom. The molecule has 2 aliphatic heterocycles. The van der Waals surface area contributed by atoms with Gasteiger partial charge in [0.1, 0.15) is 0 Å². The van der Waals surface area contributed by atoms with Crippen molar-refractivity contribution < 1.29 is 4.79 Å². The molecule has 3 nitrogen and oxygen atoms in total. The highest BCUT2D eigenvalue weighted by Gasteiger charge is 2.28. The van der Waals surface area contributed by atoms with Gasteiger partial charge >= 0.3 is 0 Å². The number of fused-ring (bicyclic) bond motifs is 1. The Balaban J connectivity index is 1.36. The molecule has 1 fully saturated rings. The fraction of sp³-hybridized carbons (Fsp3) is 0.409. The van der Waals surface area contributed by atoms with E-state index < -0.39 is 0 Å². The van der Waals surface area contributed by atoms with E-state index in [0.29, 0.717) is 5.92 Å². The number of hydrogen-bond acceptors (Lipinski definition) is 2. The van der Waals surface area contributed by atoms with E-state index >= 15 is 0 Å². The van der Waals surface area contributed by atoms with Crippen molar-refractivity contribution in [3.8, 4) is 0 Å². The number of carbonyl (C=O) groups excluding carboxylic acids is 1. The summed E-state index contributed by atoms with van der Waals surface area (Å²) in [6.45, 7) is 5.11. The first-order chi connectivity index (χ1) is 12.3. The molecule has 25 heavy (non-hydrogen) atoms. The number of aryl methyl sites for hydroxylation is 1. The van der Waals surface area contributed by atoms with E-state index in [4.69, 9.17) is 0 Å². The van der Waals surface area contributed by atoms with Crippen LogP contribution in [0.2, 0.25) is 0 Å². The first-order valence-electron chi connectivity index (χ1n) is 9.43. The summed E-state index contributed by atoms with van der Waals surface area (Å²) in [5.41, 5.74) is 3.80. The van der Waals surface area contributed by atoms with Crippen molar-refractivity contribution in [2.75, 3.05) is 26.2 Å². The van der Waals surface area contributed by atoms with Gasteiger partial charge in [0.25, 0.3) is 5.91 Å². The molecule has 2 aliphatic rings. The molecule has 1 saturated heterocycles. The van der Waals surface area contributed by atoms with Crippen molar-refractivity contribution >= 4 is 5.91 Å². The maximum absolute atomic E-state index is 12.6. The van der Waals surface area contributed by atoms with Crippen LogP contribution in [-0.4, -0.2) is 41.9 Å². The zero-order valence-corrected chi connectivity index (χ0v) is 14.7. The zero-order valence-electron chi connectivity index (χ0n) is 14.7. The Kier molecular flexibility index (Phi) is 4.84. The largest absolute Gasteiger partial charge is 0.338 e. The Hall–Kier alpha value is -2.13. The predicted octanol–water partition coefficient (Wildman–Crippen LogP) is 3.60. The van der Waals surface area contributed by atoms with Crippen LogP contribution in [0.4, 0.5) is 0 Å². The molecule has 0 radical (unpaired) electrons. The molecule has 0 aromatic heterocycles.